The first-order valence-electron chi connectivity index (χ1n) is 6.90. The molecular weight excluding hydrogens is 278 g/mol. The molecule has 0 bridgehead atoms. The molecular formula is C16H13N5O. The van der Waals surface area contributed by atoms with Crippen LogP contribution in [0.1, 0.15) is 5.56 Å². The lowest BCUT2D eigenvalue weighted by Gasteiger charge is -2.04. The number of nitrogens with zero attached hydrogens (tertiary/aromatic N) is 3. The Bertz CT molecular complexity index is 1020. The summed E-state index contributed by atoms with van der Waals surface area (Å²) in [4.78, 5) is 16.3. The molecule has 0 atom stereocenters. The molecule has 0 fully saturated rings. The molecule has 2 N–H and O–H groups in total. The molecule has 0 spiro atoms. The average molecular weight is 291 g/mol. The van der Waals surface area contributed by atoms with Gasteiger partial charge in [0, 0.05) is 11.8 Å². The molecule has 6 nitrogen and oxygen atoms in total. The van der Waals surface area contributed by atoms with Gasteiger partial charge in [-0.25, -0.2) is 9.50 Å². The van der Waals surface area contributed by atoms with Gasteiger partial charge in [0.1, 0.15) is 6.33 Å². The van der Waals surface area contributed by atoms with Gasteiger partial charge in [0.2, 0.25) is 0 Å². The Morgan fingerprint density at radius 1 is 1.09 bits per heavy atom. The maximum atomic E-state index is 12.2. The molecule has 22 heavy (non-hydrogen) atoms. The Hall–Kier alpha value is -3.15. The molecule has 0 aliphatic rings. The summed E-state index contributed by atoms with van der Waals surface area (Å²) in [6.45, 7) is 2.01. The van der Waals surface area contributed by atoms with Crippen LogP contribution in [0, 0.1) is 6.92 Å². The fourth-order valence-corrected chi connectivity index (χ4v) is 2.62. The van der Waals surface area contributed by atoms with Crippen molar-refractivity contribution < 1.29 is 0 Å². The topological polar surface area (TPSA) is 78.8 Å². The molecule has 0 aliphatic carbocycles. The van der Waals surface area contributed by atoms with E-state index in [2.05, 4.69) is 20.3 Å². The van der Waals surface area contributed by atoms with Crippen molar-refractivity contribution in [3.63, 3.8) is 0 Å². The van der Waals surface area contributed by atoms with Gasteiger partial charge in [-0.1, -0.05) is 29.8 Å². The van der Waals surface area contributed by atoms with E-state index in [1.807, 2.05) is 49.5 Å². The van der Waals surface area contributed by atoms with Crippen LogP contribution in [0.2, 0.25) is 0 Å². The van der Waals surface area contributed by atoms with Gasteiger partial charge in [-0.2, -0.15) is 5.10 Å². The minimum absolute atomic E-state index is 0.140. The number of benzene rings is 1. The zero-order valence-electron chi connectivity index (χ0n) is 11.9. The average Bonchev–Trinajstić information content (AvgIpc) is 3.12. The van der Waals surface area contributed by atoms with Crippen LogP contribution < -0.4 is 5.56 Å². The van der Waals surface area contributed by atoms with Gasteiger partial charge in [0.25, 0.3) is 5.56 Å². The van der Waals surface area contributed by atoms with E-state index < -0.39 is 0 Å². The minimum Gasteiger partial charge on any atom is -0.297 e. The number of hydrogen-bond donors (Lipinski definition) is 2. The summed E-state index contributed by atoms with van der Waals surface area (Å²) in [7, 11) is 0. The third-order valence-corrected chi connectivity index (χ3v) is 3.65. The second-order valence-corrected chi connectivity index (χ2v) is 5.18. The van der Waals surface area contributed by atoms with Crippen molar-refractivity contribution in [1.29, 1.82) is 0 Å². The third-order valence-electron chi connectivity index (χ3n) is 3.65. The number of aromatic amines is 2. The van der Waals surface area contributed by atoms with E-state index in [4.69, 9.17) is 0 Å². The van der Waals surface area contributed by atoms with Crippen LogP contribution in [0.5, 0.6) is 0 Å². The lowest BCUT2D eigenvalue weighted by molar-refractivity contribution is 0.960. The Morgan fingerprint density at radius 2 is 2.00 bits per heavy atom. The molecule has 108 valence electrons. The van der Waals surface area contributed by atoms with Crippen molar-refractivity contribution in [3.05, 3.63) is 64.8 Å². The zero-order valence-corrected chi connectivity index (χ0v) is 11.9. The number of rotatable bonds is 2. The van der Waals surface area contributed by atoms with Crippen LogP contribution in [-0.4, -0.2) is 24.8 Å². The number of nitrogens with one attached hydrogen (secondary N) is 2. The van der Waals surface area contributed by atoms with E-state index in [9.17, 15) is 4.79 Å². The Labute approximate surface area is 125 Å². The summed E-state index contributed by atoms with van der Waals surface area (Å²) < 4.78 is 1.68. The molecule has 3 heterocycles. The van der Waals surface area contributed by atoms with E-state index in [1.54, 1.807) is 4.52 Å². The number of fused-ring (bicyclic) bond motifs is 1. The molecule has 4 rings (SSSR count). The third kappa shape index (κ3) is 1.93. The van der Waals surface area contributed by atoms with Crippen molar-refractivity contribution in [2.24, 2.45) is 0 Å². The summed E-state index contributed by atoms with van der Waals surface area (Å²) in [5, 5.41) is 9.77. The molecule has 0 aliphatic heterocycles. The van der Waals surface area contributed by atoms with Gasteiger partial charge in [-0.05, 0) is 24.6 Å². The number of hydrogen-bond acceptors (Lipinski definition) is 3. The molecule has 0 radical (unpaired) electrons. The van der Waals surface area contributed by atoms with E-state index in [-0.39, 0.29) is 5.56 Å². The second-order valence-electron chi connectivity index (χ2n) is 5.18. The summed E-state index contributed by atoms with van der Waals surface area (Å²) in [5.41, 5.74) is 4.86. The summed E-state index contributed by atoms with van der Waals surface area (Å²) in [5.74, 6) is 0. The molecule has 0 unspecified atom stereocenters. The van der Waals surface area contributed by atoms with Gasteiger partial charge in [0.15, 0.2) is 5.65 Å². The van der Waals surface area contributed by atoms with Crippen LogP contribution in [0.4, 0.5) is 0 Å². The van der Waals surface area contributed by atoms with Crippen molar-refractivity contribution in [3.8, 4) is 22.4 Å². The first-order chi connectivity index (χ1) is 10.7. The summed E-state index contributed by atoms with van der Waals surface area (Å²) in [6, 6.07) is 11.7. The summed E-state index contributed by atoms with van der Waals surface area (Å²) in [6.07, 6.45) is 3.35. The number of aromatic nitrogens is 5. The maximum absolute atomic E-state index is 12.2. The first-order valence-corrected chi connectivity index (χ1v) is 6.90. The fourth-order valence-electron chi connectivity index (χ4n) is 2.62. The predicted octanol–water partition coefficient (Wildman–Crippen LogP) is 2.39. The quantitative estimate of drug-likeness (QED) is 0.595. The largest absolute Gasteiger partial charge is 0.297 e. The first kappa shape index (κ1) is 12.6. The van der Waals surface area contributed by atoms with Gasteiger partial charge < -0.3 is 0 Å². The number of pyridine rings is 1. The lowest BCUT2D eigenvalue weighted by Crippen LogP contribution is -2.02. The van der Waals surface area contributed by atoms with Crippen LogP contribution in [-0.2, 0) is 0 Å². The Morgan fingerprint density at radius 3 is 2.86 bits per heavy atom. The van der Waals surface area contributed by atoms with Crippen molar-refractivity contribution in [2.75, 3.05) is 0 Å². The highest BCUT2D eigenvalue weighted by Gasteiger charge is 2.14. The van der Waals surface area contributed by atoms with Gasteiger partial charge in [-0.15, -0.1) is 0 Å². The number of aryl methyl sites for hydroxylation is 1. The highest BCUT2D eigenvalue weighted by atomic mass is 16.1. The lowest BCUT2D eigenvalue weighted by atomic mass is 10.0. The van der Waals surface area contributed by atoms with Crippen LogP contribution in [0.25, 0.3) is 28.0 Å². The maximum Gasteiger partial charge on any atom is 0.272 e. The minimum atomic E-state index is -0.140. The fraction of sp³-hybridized carbons (Fsp3) is 0.0625. The SMILES string of the molecule is Cc1cccc(-c2c(-c3ccc4ncnn4c3)[nH][nH]c2=O)c1. The van der Waals surface area contributed by atoms with Gasteiger partial charge in [0.05, 0.1) is 11.3 Å². The monoisotopic (exact) mass is 291 g/mol. The molecule has 3 aromatic heterocycles. The van der Waals surface area contributed by atoms with E-state index in [1.165, 1.54) is 6.33 Å². The smallest absolute Gasteiger partial charge is 0.272 e. The predicted molar refractivity (Wildman–Crippen MR) is 83.6 cm³/mol. The van der Waals surface area contributed by atoms with E-state index in [0.717, 1.165) is 28.0 Å². The highest BCUT2D eigenvalue weighted by molar-refractivity contribution is 5.80. The van der Waals surface area contributed by atoms with Crippen molar-refractivity contribution in [1.82, 2.24) is 24.8 Å². The van der Waals surface area contributed by atoms with Crippen molar-refractivity contribution in [2.45, 2.75) is 6.92 Å². The zero-order chi connectivity index (χ0) is 15.1. The highest BCUT2D eigenvalue weighted by Crippen LogP contribution is 2.27. The Balaban J connectivity index is 1.94. The molecule has 4 aromatic rings. The number of H-pyrrole nitrogens is 2. The van der Waals surface area contributed by atoms with E-state index >= 15 is 0 Å². The molecule has 0 amide bonds. The second kappa shape index (κ2) is 4.70. The molecule has 0 saturated heterocycles. The van der Waals surface area contributed by atoms with Crippen LogP contribution in [0.15, 0.2) is 53.7 Å². The normalized spacial score (nSPS) is 11.1. The molecule has 0 saturated carbocycles. The summed E-state index contributed by atoms with van der Waals surface area (Å²) >= 11 is 0. The molecule has 6 heteroatoms. The van der Waals surface area contributed by atoms with Gasteiger partial charge >= 0.3 is 0 Å². The standard InChI is InChI=1S/C16H13N5O/c1-10-3-2-4-11(7-10)14-15(19-20-16(14)22)12-5-6-13-17-9-18-21(13)8-12/h2-9H,1H3,(H2,19,20,22). The molecule has 1 aromatic carbocycles. The van der Waals surface area contributed by atoms with Crippen molar-refractivity contribution >= 4 is 5.65 Å². The van der Waals surface area contributed by atoms with E-state index in [0.29, 0.717) is 5.56 Å². The van der Waals surface area contributed by atoms with Gasteiger partial charge in [-0.3, -0.25) is 15.0 Å². The van der Waals surface area contributed by atoms with Crippen LogP contribution in [0.3, 0.4) is 0 Å². The Kier molecular flexibility index (Phi) is 2.69. The van der Waals surface area contributed by atoms with Crippen LogP contribution >= 0.6 is 0 Å².